The zero-order valence-corrected chi connectivity index (χ0v) is 17.8. The van der Waals surface area contributed by atoms with Crippen LogP contribution in [0, 0.1) is 0 Å². The van der Waals surface area contributed by atoms with Crippen LogP contribution in [-0.2, 0) is 11.0 Å². The van der Waals surface area contributed by atoms with Gasteiger partial charge < -0.3 is 9.47 Å². The molecule has 0 atom stereocenters. The number of alkyl halides is 3. The highest BCUT2D eigenvalue weighted by molar-refractivity contribution is 6.33. The minimum Gasteiger partial charge on any atom is -0.490 e. The van der Waals surface area contributed by atoms with E-state index in [-0.39, 0.29) is 11.3 Å². The molecule has 0 unspecified atom stereocenters. The van der Waals surface area contributed by atoms with Gasteiger partial charge in [-0.1, -0.05) is 17.7 Å². The van der Waals surface area contributed by atoms with Crippen molar-refractivity contribution in [3.05, 3.63) is 58.1 Å². The van der Waals surface area contributed by atoms with Gasteiger partial charge in [0.25, 0.3) is 5.91 Å². The lowest BCUT2D eigenvalue weighted by molar-refractivity contribution is -0.137. The van der Waals surface area contributed by atoms with Gasteiger partial charge in [0.15, 0.2) is 11.5 Å². The fourth-order valence-corrected chi connectivity index (χ4v) is 3.33. The monoisotopic (exact) mass is 452 g/mol. The number of ether oxygens (including phenoxy) is 2. The lowest BCUT2D eigenvalue weighted by Crippen LogP contribution is -2.21. The second-order valence-corrected chi connectivity index (χ2v) is 7.01. The molecule has 0 saturated heterocycles. The molecule has 0 bridgehead atoms. The van der Waals surface area contributed by atoms with Crippen molar-refractivity contribution in [3.8, 4) is 11.5 Å². The highest BCUT2D eigenvalue weighted by atomic mass is 35.5. The first-order valence-electron chi connectivity index (χ1n) is 9.53. The van der Waals surface area contributed by atoms with Gasteiger partial charge in [-0.25, -0.2) is 0 Å². The molecule has 0 radical (unpaired) electrons. The van der Waals surface area contributed by atoms with Crippen LogP contribution in [-0.4, -0.2) is 24.8 Å². The highest BCUT2D eigenvalue weighted by Crippen LogP contribution is 2.38. The average molecular weight is 453 g/mol. The fraction of sp³-hybridized carbons (Fsp3) is 0.273. The van der Waals surface area contributed by atoms with E-state index in [9.17, 15) is 18.0 Å². The lowest BCUT2D eigenvalue weighted by Gasteiger charge is -2.15. The highest BCUT2D eigenvalue weighted by Gasteiger charge is 2.33. The van der Waals surface area contributed by atoms with Crippen molar-refractivity contribution < 1.29 is 27.4 Å². The number of amides is 1. The summed E-state index contributed by atoms with van der Waals surface area (Å²) in [5.74, 6) is 0.292. The van der Waals surface area contributed by atoms with Gasteiger partial charge in [-0.2, -0.15) is 23.3 Å². The third-order valence-corrected chi connectivity index (χ3v) is 4.69. The summed E-state index contributed by atoms with van der Waals surface area (Å²) in [6.07, 6.45) is -2.95. The maximum Gasteiger partial charge on any atom is 0.416 e. The first-order valence-corrected chi connectivity index (χ1v) is 9.91. The maximum atomic E-state index is 13.0. The van der Waals surface area contributed by atoms with Crippen LogP contribution in [0.3, 0.4) is 0 Å². The Labute approximate surface area is 182 Å². The standard InChI is InChI=1S/C22H20ClF3N2O3/c1-4-30-19-11-14(10-18(23)20(19)31-5-2)9-17-13(3)27-28(21(17)29)16-8-6-7-15(12-16)22(24,25)26/h6-12H,4-5H2,1-3H3/b17-9-. The largest absolute Gasteiger partial charge is 0.490 e. The Kier molecular flexibility index (Phi) is 6.59. The molecule has 0 aliphatic carbocycles. The Morgan fingerprint density at radius 1 is 1.13 bits per heavy atom. The summed E-state index contributed by atoms with van der Waals surface area (Å²) in [6.45, 7) is 6.03. The van der Waals surface area contributed by atoms with Gasteiger partial charge in [0.2, 0.25) is 0 Å². The molecule has 2 aromatic carbocycles. The van der Waals surface area contributed by atoms with E-state index in [1.165, 1.54) is 12.1 Å². The fourth-order valence-electron chi connectivity index (χ4n) is 3.06. The van der Waals surface area contributed by atoms with Crippen LogP contribution in [0.4, 0.5) is 18.9 Å². The van der Waals surface area contributed by atoms with E-state index >= 15 is 0 Å². The third kappa shape index (κ3) is 4.85. The summed E-state index contributed by atoms with van der Waals surface area (Å²) in [5, 5.41) is 5.41. The van der Waals surface area contributed by atoms with Crippen molar-refractivity contribution in [2.75, 3.05) is 18.2 Å². The number of nitrogens with zero attached hydrogens (tertiary/aromatic N) is 2. The van der Waals surface area contributed by atoms with E-state index < -0.39 is 17.6 Å². The summed E-state index contributed by atoms with van der Waals surface area (Å²) in [4.78, 5) is 12.9. The Morgan fingerprint density at radius 3 is 2.48 bits per heavy atom. The quantitative estimate of drug-likeness (QED) is 0.508. The second kappa shape index (κ2) is 9.01. The third-order valence-electron chi connectivity index (χ3n) is 4.41. The van der Waals surface area contributed by atoms with Gasteiger partial charge in [-0.3, -0.25) is 4.79 Å². The van der Waals surface area contributed by atoms with E-state index in [0.717, 1.165) is 17.1 Å². The van der Waals surface area contributed by atoms with Gasteiger partial charge in [-0.15, -0.1) is 0 Å². The first-order chi connectivity index (χ1) is 14.7. The number of benzene rings is 2. The SMILES string of the molecule is CCOc1cc(/C=C2\C(=O)N(c3cccc(C(F)(F)F)c3)N=C2C)cc(Cl)c1OCC. The number of carbonyl (C=O) groups excluding carboxylic acids is 1. The lowest BCUT2D eigenvalue weighted by atomic mass is 10.1. The molecule has 1 amide bonds. The van der Waals surface area contributed by atoms with Gasteiger partial charge in [-0.05, 0) is 62.7 Å². The Hall–Kier alpha value is -3.00. The van der Waals surface area contributed by atoms with Crippen molar-refractivity contribution >= 4 is 35.0 Å². The van der Waals surface area contributed by atoms with Crippen molar-refractivity contribution in [2.24, 2.45) is 5.10 Å². The number of anilines is 1. The number of carbonyl (C=O) groups is 1. The second-order valence-electron chi connectivity index (χ2n) is 6.60. The summed E-state index contributed by atoms with van der Waals surface area (Å²) in [5.41, 5.74) is 0.344. The van der Waals surface area contributed by atoms with Gasteiger partial charge in [0.1, 0.15) is 0 Å². The number of halogens is 4. The van der Waals surface area contributed by atoms with E-state index in [1.54, 1.807) is 25.1 Å². The molecule has 0 saturated carbocycles. The molecule has 164 valence electrons. The summed E-state index contributed by atoms with van der Waals surface area (Å²) in [6, 6.07) is 7.76. The first kappa shape index (κ1) is 22.7. The van der Waals surface area contributed by atoms with E-state index in [2.05, 4.69) is 5.10 Å². The Morgan fingerprint density at radius 2 is 1.84 bits per heavy atom. The molecule has 1 aliphatic rings. The molecule has 0 aromatic heterocycles. The van der Waals surface area contributed by atoms with Crippen LogP contribution in [0.25, 0.3) is 6.08 Å². The molecule has 9 heteroatoms. The van der Waals surface area contributed by atoms with Crippen molar-refractivity contribution in [3.63, 3.8) is 0 Å². The van der Waals surface area contributed by atoms with Crippen molar-refractivity contribution in [1.29, 1.82) is 0 Å². The van der Waals surface area contributed by atoms with Crippen LogP contribution >= 0.6 is 11.6 Å². The van der Waals surface area contributed by atoms with Crippen LogP contribution in [0.5, 0.6) is 11.5 Å². The smallest absolute Gasteiger partial charge is 0.416 e. The minimum atomic E-state index is -4.52. The number of hydrogen-bond donors (Lipinski definition) is 0. The average Bonchev–Trinajstić information content (AvgIpc) is 2.98. The summed E-state index contributed by atoms with van der Waals surface area (Å²) < 4.78 is 50.2. The topological polar surface area (TPSA) is 51.1 Å². The van der Waals surface area contributed by atoms with E-state index in [0.29, 0.717) is 41.0 Å². The van der Waals surface area contributed by atoms with E-state index in [1.807, 2.05) is 13.8 Å². The van der Waals surface area contributed by atoms with Crippen molar-refractivity contribution in [1.82, 2.24) is 0 Å². The molecule has 2 aromatic rings. The van der Waals surface area contributed by atoms with Crippen LogP contribution in [0.15, 0.2) is 47.1 Å². The summed E-state index contributed by atoms with van der Waals surface area (Å²) in [7, 11) is 0. The number of hydrazone groups is 1. The van der Waals surface area contributed by atoms with E-state index in [4.69, 9.17) is 21.1 Å². The van der Waals surface area contributed by atoms with Gasteiger partial charge in [0.05, 0.1) is 40.8 Å². The van der Waals surface area contributed by atoms with Crippen LogP contribution < -0.4 is 14.5 Å². The molecule has 1 heterocycles. The molecule has 31 heavy (non-hydrogen) atoms. The normalized spacial score (nSPS) is 15.5. The van der Waals surface area contributed by atoms with Gasteiger partial charge in [0, 0.05) is 0 Å². The molecule has 0 N–H and O–H groups in total. The molecule has 0 spiro atoms. The summed E-state index contributed by atoms with van der Waals surface area (Å²) >= 11 is 6.33. The molecule has 1 aliphatic heterocycles. The molecule has 3 rings (SSSR count). The zero-order chi connectivity index (χ0) is 22.8. The predicted octanol–water partition coefficient (Wildman–Crippen LogP) is 5.96. The Bertz CT molecular complexity index is 1060. The zero-order valence-electron chi connectivity index (χ0n) is 17.1. The van der Waals surface area contributed by atoms with Crippen molar-refractivity contribution in [2.45, 2.75) is 26.9 Å². The molecule has 5 nitrogen and oxygen atoms in total. The molecular weight excluding hydrogens is 433 g/mol. The maximum absolute atomic E-state index is 13.0. The number of rotatable bonds is 6. The Balaban J connectivity index is 1.97. The minimum absolute atomic E-state index is 0.0299. The molecular formula is C22H20ClF3N2O3. The van der Waals surface area contributed by atoms with Crippen LogP contribution in [0.2, 0.25) is 5.02 Å². The molecule has 0 fully saturated rings. The van der Waals surface area contributed by atoms with Crippen LogP contribution in [0.1, 0.15) is 31.9 Å². The number of hydrogen-bond acceptors (Lipinski definition) is 4. The van der Waals surface area contributed by atoms with Gasteiger partial charge >= 0.3 is 6.18 Å². The predicted molar refractivity (Wildman–Crippen MR) is 114 cm³/mol.